The van der Waals surface area contributed by atoms with Crippen LogP contribution in [0.4, 0.5) is 0 Å². The highest BCUT2D eigenvalue weighted by Crippen LogP contribution is 2.59. The Morgan fingerprint density at radius 3 is 2.90 bits per heavy atom. The van der Waals surface area contributed by atoms with Crippen LogP contribution in [0.5, 0.6) is 0 Å². The first kappa shape index (κ1) is 11.8. The third-order valence-electron chi connectivity index (χ3n) is 6.67. The van der Waals surface area contributed by atoms with E-state index < -0.39 is 0 Å². The van der Waals surface area contributed by atoms with Crippen molar-refractivity contribution in [3.05, 3.63) is 35.4 Å². The van der Waals surface area contributed by atoms with E-state index in [1.165, 1.54) is 58.0 Å². The summed E-state index contributed by atoms with van der Waals surface area (Å²) in [7, 11) is 0. The van der Waals surface area contributed by atoms with Crippen LogP contribution >= 0.6 is 0 Å². The summed E-state index contributed by atoms with van der Waals surface area (Å²) in [6.07, 6.45) is 10.2. The number of fused-ring (bicyclic) bond motifs is 1. The van der Waals surface area contributed by atoms with E-state index in [1.54, 1.807) is 11.1 Å². The Hall–Kier alpha value is -0.820. The summed E-state index contributed by atoms with van der Waals surface area (Å²) in [6, 6.07) is 9.42. The molecule has 0 amide bonds. The SMILES string of the molecule is c1ccc2c(c1)C[C@@H]1CN(CC3CC3)[C@]23CCCC[C@@H]13. The zero-order chi connectivity index (χ0) is 13.2. The molecule has 20 heavy (non-hydrogen) atoms. The first-order valence-electron chi connectivity index (χ1n) is 8.71. The van der Waals surface area contributed by atoms with E-state index in [0.717, 1.165) is 17.8 Å². The van der Waals surface area contributed by atoms with Gasteiger partial charge in [-0.1, -0.05) is 37.1 Å². The highest BCUT2D eigenvalue weighted by atomic mass is 15.2. The van der Waals surface area contributed by atoms with Crippen LogP contribution in [-0.2, 0) is 12.0 Å². The highest BCUT2D eigenvalue weighted by Gasteiger charge is 2.58. The molecular formula is C19H25N. The maximum Gasteiger partial charge on any atom is 0.0494 e. The smallest absolute Gasteiger partial charge is 0.0494 e. The molecule has 4 aliphatic rings. The average Bonchev–Trinajstić information content (AvgIpc) is 3.26. The molecule has 2 saturated carbocycles. The fourth-order valence-electron chi connectivity index (χ4n) is 5.74. The topological polar surface area (TPSA) is 3.24 Å². The molecule has 1 aromatic carbocycles. The van der Waals surface area contributed by atoms with Crippen LogP contribution in [0.15, 0.2) is 24.3 Å². The molecule has 0 spiro atoms. The van der Waals surface area contributed by atoms with Crippen molar-refractivity contribution in [2.24, 2.45) is 17.8 Å². The van der Waals surface area contributed by atoms with Gasteiger partial charge in [-0.15, -0.1) is 0 Å². The molecule has 1 heterocycles. The Balaban J connectivity index is 1.64. The summed E-state index contributed by atoms with van der Waals surface area (Å²) in [6.45, 7) is 2.77. The van der Waals surface area contributed by atoms with E-state index in [4.69, 9.17) is 0 Å². The minimum Gasteiger partial charge on any atom is -0.293 e. The maximum atomic E-state index is 2.95. The quantitative estimate of drug-likeness (QED) is 0.783. The van der Waals surface area contributed by atoms with Gasteiger partial charge in [0.2, 0.25) is 0 Å². The molecule has 0 N–H and O–H groups in total. The number of rotatable bonds is 2. The molecule has 2 bridgehead atoms. The zero-order valence-corrected chi connectivity index (χ0v) is 12.4. The Kier molecular flexibility index (Phi) is 2.42. The molecule has 1 saturated heterocycles. The van der Waals surface area contributed by atoms with Crippen LogP contribution in [-0.4, -0.2) is 18.0 Å². The molecule has 1 aliphatic heterocycles. The van der Waals surface area contributed by atoms with Crippen LogP contribution in [0.2, 0.25) is 0 Å². The van der Waals surface area contributed by atoms with E-state index >= 15 is 0 Å². The summed E-state index contributed by atoms with van der Waals surface area (Å²) >= 11 is 0. The predicted octanol–water partition coefficient (Wildman–Crippen LogP) is 3.97. The molecule has 5 rings (SSSR count). The summed E-state index contributed by atoms with van der Waals surface area (Å²) < 4.78 is 0. The molecule has 0 unspecified atom stereocenters. The lowest BCUT2D eigenvalue weighted by Gasteiger charge is -2.49. The van der Waals surface area contributed by atoms with Gasteiger partial charge >= 0.3 is 0 Å². The van der Waals surface area contributed by atoms with E-state index in [1.807, 2.05) is 0 Å². The lowest BCUT2D eigenvalue weighted by molar-refractivity contribution is 0.0470. The van der Waals surface area contributed by atoms with Crippen LogP contribution in [0.1, 0.15) is 49.7 Å². The molecule has 106 valence electrons. The van der Waals surface area contributed by atoms with Crippen LogP contribution < -0.4 is 0 Å². The van der Waals surface area contributed by atoms with Gasteiger partial charge in [-0.05, 0) is 61.0 Å². The van der Waals surface area contributed by atoms with Crippen molar-refractivity contribution in [3.8, 4) is 0 Å². The fraction of sp³-hybridized carbons (Fsp3) is 0.684. The number of benzene rings is 1. The highest BCUT2D eigenvalue weighted by molar-refractivity contribution is 5.40. The molecular weight excluding hydrogens is 242 g/mol. The molecule has 1 aromatic rings. The van der Waals surface area contributed by atoms with Gasteiger partial charge in [0.15, 0.2) is 0 Å². The summed E-state index contributed by atoms with van der Waals surface area (Å²) in [5, 5.41) is 0. The van der Waals surface area contributed by atoms with Crippen molar-refractivity contribution in [2.45, 2.75) is 50.5 Å². The molecule has 0 radical (unpaired) electrons. The molecule has 3 aliphatic carbocycles. The van der Waals surface area contributed by atoms with E-state index in [0.29, 0.717) is 5.54 Å². The number of nitrogens with zero attached hydrogens (tertiary/aromatic N) is 1. The Labute approximate surface area is 122 Å². The van der Waals surface area contributed by atoms with Gasteiger partial charge < -0.3 is 0 Å². The van der Waals surface area contributed by atoms with Crippen LogP contribution in [0.3, 0.4) is 0 Å². The van der Waals surface area contributed by atoms with Gasteiger partial charge in [-0.2, -0.15) is 0 Å². The largest absolute Gasteiger partial charge is 0.293 e. The third kappa shape index (κ3) is 1.48. The second-order valence-electron chi connectivity index (χ2n) is 7.75. The van der Waals surface area contributed by atoms with Crippen molar-refractivity contribution in [3.63, 3.8) is 0 Å². The van der Waals surface area contributed by atoms with Crippen molar-refractivity contribution in [2.75, 3.05) is 13.1 Å². The van der Waals surface area contributed by atoms with Crippen LogP contribution in [0.25, 0.3) is 0 Å². The standard InChI is InChI=1S/C19H25N/c1-2-6-17-15(5-1)11-16-13-20(12-14-8-9-14)19(17)10-4-3-7-18(16)19/h1-2,5-6,14,16,18H,3-4,7-13H2/t16-,18+,19-/m1/s1. The van der Waals surface area contributed by atoms with E-state index in [2.05, 4.69) is 29.2 Å². The summed E-state index contributed by atoms with van der Waals surface area (Å²) in [5.74, 6) is 2.94. The number of hydrogen-bond acceptors (Lipinski definition) is 1. The fourth-order valence-corrected chi connectivity index (χ4v) is 5.74. The number of hydrogen-bond donors (Lipinski definition) is 0. The van der Waals surface area contributed by atoms with Crippen molar-refractivity contribution in [1.82, 2.24) is 4.90 Å². The monoisotopic (exact) mass is 267 g/mol. The summed E-state index contributed by atoms with van der Waals surface area (Å²) in [5.41, 5.74) is 3.84. The second-order valence-corrected chi connectivity index (χ2v) is 7.75. The van der Waals surface area contributed by atoms with Gasteiger partial charge in [-0.25, -0.2) is 0 Å². The first-order valence-corrected chi connectivity index (χ1v) is 8.71. The molecule has 1 heteroatoms. The normalized spacial score (nSPS) is 39.4. The van der Waals surface area contributed by atoms with Crippen molar-refractivity contribution in [1.29, 1.82) is 0 Å². The minimum atomic E-state index is 0.445. The maximum absolute atomic E-state index is 2.95. The summed E-state index contributed by atoms with van der Waals surface area (Å²) in [4.78, 5) is 2.95. The van der Waals surface area contributed by atoms with E-state index in [-0.39, 0.29) is 0 Å². The molecule has 1 nitrogen and oxygen atoms in total. The molecule has 3 atom stereocenters. The zero-order valence-electron chi connectivity index (χ0n) is 12.4. The predicted molar refractivity (Wildman–Crippen MR) is 81.6 cm³/mol. The van der Waals surface area contributed by atoms with Gasteiger partial charge in [0.05, 0.1) is 0 Å². The van der Waals surface area contributed by atoms with Gasteiger partial charge in [-0.3, -0.25) is 4.90 Å². The van der Waals surface area contributed by atoms with Crippen molar-refractivity contribution < 1.29 is 0 Å². The van der Waals surface area contributed by atoms with Crippen molar-refractivity contribution >= 4 is 0 Å². The Bertz CT molecular complexity index is 532. The second kappa shape index (κ2) is 4.10. The van der Waals surface area contributed by atoms with Gasteiger partial charge in [0, 0.05) is 18.6 Å². The first-order chi connectivity index (χ1) is 9.88. The Morgan fingerprint density at radius 1 is 1.10 bits per heavy atom. The minimum absolute atomic E-state index is 0.445. The van der Waals surface area contributed by atoms with Crippen LogP contribution in [0, 0.1) is 17.8 Å². The van der Waals surface area contributed by atoms with Gasteiger partial charge in [0.25, 0.3) is 0 Å². The van der Waals surface area contributed by atoms with E-state index in [9.17, 15) is 0 Å². The van der Waals surface area contributed by atoms with Gasteiger partial charge in [0.1, 0.15) is 0 Å². The lowest BCUT2D eigenvalue weighted by Crippen LogP contribution is -2.49. The molecule has 0 aromatic heterocycles. The average molecular weight is 267 g/mol. The number of likely N-dealkylation sites (tertiary alicyclic amines) is 1. The third-order valence-corrected chi connectivity index (χ3v) is 6.67. The Morgan fingerprint density at radius 2 is 2.00 bits per heavy atom. The lowest BCUT2D eigenvalue weighted by atomic mass is 9.61. The molecule has 3 fully saturated rings.